The van der Waals surface area contributed by atoms with E-state index in [4.69, 9.17) is 14.6 Å². The van der Waals surface area contributed by atoms with Gasteiger partial charge in [0.15, 0.2) is 0 Å². The highest BCUT2D eigenvalue weighted by molar-refractivity contribution is 6.46. The molecule has 5 heteroatoms. The van der Waals surface area contributed by atoms with E-state index in [-0.39, 0.29) is 0 Å². The summed E-state index contributed by atoms with van der Waals surface area (Å²) in [5.41, 5.74) is 6.05. The van der Waals surface area contributed by atoms with Crippen LogP contribution in [0.5, 0.6) is 0 Å². The third-order valence-corrected chi connectivity index (χ3v) is 5.36. The predicted octanol–water partition coefficient (Wildman–Crippen LogP) is 0.999. The summed E-state index contributed by atoms with van der Waals surface area (Å²) in [7, 11) is 2.11. The van der Waals surface area contributed by atoms with Gasteiger partial charge in [-0.25, -0.2) is 0 Å². The average Bonchev–Trinajstić information content (AvgIpc) is 2.32. The van der Waals surface area contributed by atoms with Gasteiger partial charge in [-0.3, -0.25) is 0 Å². The zero-order valence-corrected chi connectivity index (χ0v) is 12.2. The minimum atomic E-state index is -1.42. The molecule has 1 unspecified atom stereocenters. The van der Waals surface area contributed by atoms with Crippen molar-refractivity contribution in [3.63, 3.8) is 0 Å². The van der Waals surface area contributed by atoms with E-state index in [9.17, 15) is 0 Å². The Morgan fingerprint density at radius 3 is 2.31 bits per heavy atom. The number of hydrogen-bond acceptors (Lipinski definition) is 4. The van der Waals surface area contributed by atoms with Gasteiger partial charge in [0.1, 0.15) is 0 Å². The lowest BCUT2D eigenvalue weighted by Gasteiger charge is -2.21. The number of nitrogens with one attached hydrogen (secondary N) is 1. The van der Waals surface area contributed by atoms with Crippen LogP contribution in [0.25, 0.3) is 0 Å². The normalized spacial score (nSPS) is 13.3. The maximum absolute atomic E-state index is 5.43. The van der Waals surface area contributed by atoms with Gasteiger partial charge >= 0.3 is 9.28 Å². The van der Waals surface area contributed by atoms with Crippen LogP contribution in [-0.4, -0.2) is 43.1 Å². The molecule has 4 nitrogen and oxygen atoms in total. The van der Waals surface area contributed by atoms with Crippen molar-refractivity contribution in [2.45, 2.75) is 38.1 Å². The van der Waals surface area contributed by atoms with Crippen LogP contribution in [0.3, 0.4) is 0 Å². The molecule has 3 N–H and O–H groups in total. The summed E-state index contributed by atoms with van der Waals surface area (Å²) in [5.74, 6) is 0. The molecule has 0 aromatic carbocycles. The van der Waals surface area contributed by atoms with Gasteiger partial charge in [-0.05, 0) is 44.4 Å². The molecule has 0 fully saturated rings. The van der Waals surface area contributed by atoms with Gasteiger partial charge in [0.05, 0.1) is 0 Å². The largest absolute Gasteiger partial charge is 0.400 e. The zero-order valence-electron chi connectivity index (χ0n) is 11.0. The Kier molecular flexibility index (Phi) is 11.6. The lowest BCUT2D eigenvalue weighted by atomic mass is 10.2. The van der Waals surface area contributed by atoms with E-state index in [1.807, 2.05) is 0 Å². The van der Waals surface area contributed by atoms with Crippen LogP contribution in [0.15, 0.2) is 0 Å². The fraction of sp³-hybridized carbons (Fsp3) is 1.00. The van der Waals surface area contributed by atoms with Gasteiger partial charge in [-0.2, -0.15) is 0 Å². The highest BCUT2D eigenvalue weighted by Crippen LogP contribution is 2.21. The van der Waals surface area contributed by atoms with Crippen LogP contribution < -0.4 is 11.1 Å². The lowest BCUT2D eigenvalue weighted by molar-refractivity contribution is 0.260. The fourth-order valence-electron chi connectivity index (χ4n) is 1.86. The van der Waals surface area contributed by atoms with Crippen LogP contribution in [0.1, 0.15) is 32.6 Å². The number of hydrogen-bond donors (Lipinski definition) is 2. The second-order valence-corrected chi connectivity index (χ2v) is 6.66. The minimum Gasteiger partial charge on any atom is -0.400 e. The maximum atomic E-state index is 5.43. The molecule has 0 aliphatic carbocycles. The first-order valence-electron chi connectivity index (χ1n) is 6.26. The monoisotopic (exact) mass is 248 g/mol. The van der Waals surface area contributed by atoms with Gasteiger partial charge in [0, 0.05) is 14.2 Å². The van der Waals surface area contributed by atoms with E-state index in [2.05, 4.69) is 12.2 Å². The van der Waals surface area contributed by atoms with Crippen molar-refractivity contribution in [1.29, 1.82) is 0 Å². The molecule has 0 aromatic heterocycles. The zero-order chi connectivity index (χ0) is 12.2. The summed E-state index contributed by atoms with van der Waals surface area (Å²) < 4.78 is 10.9. The van der Waals surface area contributed by atoms with E-state index in [1.54, 1.807) is 14.2 Å². The molecule has 0 saturated carbocycles. The second-order valence-electron chi connectivity index (χ2n) is 4.04. The van der Waals surface area contributed by atoms with Crippen molar-refractivity contribution >= 4 is 9.28 Å². The summed E-state index contributed by atoms with van der Waals surface area (Å²) in [5, 5.41) is 3.39. The van der Waals surface area contributed by atoms with E-state index >= 15 is 0 Å². The fourth-order valence-corrected chi connectivity index (χ4v) is 3.71. The molecule has 0 aromatic rings. The van der Waals surface area contributed by atoms with Gasteiger partial charge in [-0.1, -0.05) is 13.3 Å². The number of rotatable bonds is 11. The van der Waals surface area contributed by atoms with Crippen molar-refractivity contribution in [2.75, 3.05) is 33.9 Å². The molecule has 0 radical (unpaired) electrons. The molecule has 0 aliphatic rings. The molecule has 0 amide bonds. The summed E-state index contributed by atoms with van der Waals surface area (Å²) >= 11 is 0. The van der Waals surface area contributed by atoms with E-state index in [0.717, 1.165) is 32.5 Å². The molecule has 98 valence electrons. The van der Waals surface area contributed by atoms with E-state index in [1.165, 1.54) is 12.8 Å². The van der Waals surface area contributed by atoms with Crippen molar-refractivity contribution < 1.29 is 8.85 Å². The van der Waals surface area contributed by atoms with Gasteiger partial charge in [0.25, 0.3) is 0 Å². The first kappa shape index (κ1) is 16.1. The summed E-state index contributed by atoms with van der Waals surface area (Å²) in [6.07, 6.45) is 4.61. The molecule has 1 atom stereocenters. The minimum absolute atomic E-state index is 0.631. The molecule has 0 bridgehead atoms. The smallest absolute Gasteiger partial charge is 0.324 e. The highest BCUT2D eigenvalue weighted by atomic mass is 28.3. The first-order valence-corrected chi connectivity index (χ1v) is 7.87. The van der Waals surface area contributed by atoms with Crippen LogP contribution in [0.4, 0.5) is 0 Å². The quantitative estimate of drug-likeness (QED) is 0.423. The highest BCUT2D eigenvalue weighted by Gasteiger charge is 2.21. The van der Waals surface area contributed by atoms with Gasteiger partial charge in [0.2, 0.25) is 0 Å². The third kappa shape index (κ3) is 7.35. The number of nitrogens with two attached hydrogens (primary N) is 1. The van der Waals surface area contributed by atoms with Crippen LogP contribution in [0, 0.1) is 0 Å². The summed E-state index contributed by atoms with van der Waals surface area (Å²) in [6.45, 7) is 5.09. The van der Waals surface area contributed by atoms with Crippen molar-refractivity contribution in [2.24, 2.45) is 5.73 Å². The van der Waals surface area contributed by atoms with Gasteiger partial charge in [-0.15, -0.1) is 0 Å². The molecule has 0 heterocycles. The van der Waals surface area contributed by atoms with Crippen LogP contribution in [-0.2, 0) is 8.85 Å². The third-order valence-electron chi connectivity index (χ3n) is 2.86. The van der Waals surface area contributed by atoms with Crippen LogP contribution >= 0.6 is 0 Å². The van der Waals surface area contributed by atoms with Gasteiger partial charge < -0.3 is 19.9 Å². The predicted molar refractivity (Wildman–Crippen MR) is 71.0 cm³/mol. The Morgan fingerprint density at radius 2 is 1.81 bits per heavy atom. The maximum Gasteiger partial charge on any atom is 0.324 e. The lowest BCUT2D eigenvalue weighted by Crippen LogP contribution is -2.27. The van der Waals surface area contributed by atoms with E-state index < -0.39 is 9.28 Å². The van der Waals surface area contributed by atoms with Crippen LogP contribution in [0.2, 0.25) is 5.54 Å². The van der Waals surface area contributed by atoms with Crippen molar-refractivity contribution in [3.8, 4) is 0 Å². The Balaban J connectivity index is 3.54. The Morgan fingerprint density at radius 1 is 1.19 bits per heavy atom. The molecule has 0 spiro atoms. The Bertz CT molecular complexity index is 146. The Labute approximate surface area is 102 Å². The standard InChI is InChI=1S/C11H28N2O2Si/c1-4-11(16(14-2)15-3)7-5-9-13-10-6-8-12/h11,13,16H,4-10,12H2,1-3H3. The van der Waals surface area contributed by atoms with E-state index in [0.29, 0.717) is 5.54 Å². The molecule has 0 aliphatic heterocycles. The molecule has 16 heavy (non-hydrogen) atoms. The molecular weight excluding hydrogens is 220 g/mol. The SMILES string of the molecule is CCC(CCCNCCCN)[SiH](OC)OC. The molecule has 0 saturated heterocycles. The Hall–Kier alpha value is 0.0569. The van der Waals surface area contributed by atoms with Crippen molar-refractivity contribution in [3.05, 3.63) is 0 Å². The molecular formula is C11H28N2O2Si. The first-order chi connectivity index (χ1) is 7.79. The van der Waals surface area contributed by atoms with Crippen molar-refractivity contribution in [1.82, 2.24) is 5.32 Å². The summed E-state index contributed by atoms with van der Waals surface area (Å²) in [6, 6.07) is 0. The second kappa shape index (κ2) is 11.5. The average molecular weight is 248 g/mol. The topological polar surface area (TPSA) is 56.5 Å². The molecule has 0 rings (SSSR count). The summed E-state index contributed by atoms with van der Waals surface area (Å²) in [4.78, 5) is 0.